The Morgan fingerprint density at radius 2 is 1.89 bits per heavy atom. The van der Waals surface area contributed by atoms with Crippen molar-refractivity contribution in [1.29, 1.82) is 0 Å². The van der Waals surface area contributed by atoms with Crippen molar-refractivity contribution < 1.29 is 4.74 Å². The number of benzene rings is 1. The molecule has 100 valence electrons. The zero-order valence-corrected chi connectivity index (χ0v) is 11.4. The zero-order valence-electron chi connectivity index (χ0n) is 11.4. The molecule has 2 rings (SSSR count). The van der Waals surface area contributed by atoms with Crippen molar-refractivity contribution in [3.8, 4) is 17.0 Å². The largest absolute Gasteiger partial charge is 0.494 e. The van der Waals surface area contributed by atoms with Crippen LogP contribution in [0.2, 0.25) is 0 Å². The summed E-state index contributed by atoms with van der Waals surface area (Å²) in [7, 11) is 0. The molecule has 1 aromatic heterocycles. The van der Waals surface area contributed by atoms with Crippen LogP contribution in [0.15, 0.2) is 36.7 Å². The topological polar surface area (TPSA) is 47.0 Å². The summed E-state index contributed by atoms with van der Waals surface area (Å²) in [6.45, 7) is 5.70. The first-order valence-corrected chi connectivity index (χ1v) is 6.62. The van der Waals surface area contributed by atoms with E-state index in [1.165, 1.54) is 0 Å². The third kappa shape index (κ3) is 3.68. The fourth-order valence-electron chi connectivity index (χ4n) is 1.75. The first kappa shape index (κ1) is 13.3. The van der Waals surface area contributed by atoms with E-state index in [0.29, 0.717) is 6.61 Å². The van der Waals surface area contributed by atoms with E-state index >= 15 is 0 Å². The Balaban J connectivity index is 2.16. The number of nitrogens with one attached hydrogen (secondary N) is 1. The van der Waals surface area contributed by atoms with Crippen molar-refractivity contribution in [2.45, 2.75) is 20.3 Å². The Labute approximate surface area is 113 Å². The number of rotatable bonds is 6. The standard InChI is InChI=1S/C15H19N3O/c1-3-9-16-15-10-14(17-11-18-15)12-5-7-13(8-6-12)19-4-2/h5-8,10-11H,3-4,9H2,1-2H3,(H,16,17,18). The van der Waals surface area contributed by atoms with Crippen LogP contribution in [0.25, 0.3) is 11.3 Å². The van der Waals surface area contributed by atoms with Gasteiger partial charge in [-0.05, 0) is 37.6 Å². The van der Waals surface area contributed by atoms with Crippen molar-refractivity contribution in [3.63, 3.8) is 0 Å². The summed E-state index contributed by atoms with van der Waals surface area (Å²) in [5.74, 6) is 1.74. The molecule has 1 aromatic carbocycles. The summed E-state index contributed by atoms with van der Waals surface area (Å²) >= 11 is 0. The molecule has 4 heteroatoms. The summed E-state index contributed by atoms with van der Waals surface area (Å²) < 4.78 is 5.43. The number of ether oxygens (including phenoxy) is 1. The lowest BCUT2D eigenvalue weighted by molar-refractivity contribution is 0.340. The van der Waals surface area contributed by atoms with Crippen molar-refractivity contribution in [2.24, 2.45) is 0 Å². The highest BCUT2D eigenvalue weighted by Gasteiger charge is 2.02. The monoisotopic (exact) mass is 257 g/mol. The van der Waals surface area contributed by atoms with Gasteiger partial charge in [0.25, 0.3) is 0 Å². The van der Waals surface area contributed by atoms with Crippen LogP contribution in [0.4, 0.5) is 5.82 Å². The average Bonchev–Trinajstić information content (AvgIpc) is 2.46. The summed E-state index contributed by atoms with van der Waals surface area (Å²) in [6, 6.07) is 9.90. The predicted molar refractivity (Wildman–Crippen MR) is 77.4 cm³/mol. The van der Waals surface area contributed by atoms with Gasteiger partial charge in [0.2, 0.25) is 0 Å². The maximum Gasteiger partial charge on any atom is 0.129 e. The van der Waals surface area contributed by atoms with E-state index in [1.807, 2.05) is 37.3 Å². The molecule has 0 saturated carbocycles. The molecule has 0 aliphatic rings. The molecule has 0 unspecified atom stereocenters. The van der Waals surface area contributed by atoms with Crippen LogP contribution in [-0.2, 0) is 0 Å². The molecule has 4 nitrogen and oxygen atoms in total. The maximum absolute atomic E-state index is 5.43. The van der Waals surface area contributed by atoms with E-state index in [-0.39, 0.29) is 0 Å². The van der Waals surface area contributed by atoms with Crippen LogP contribution < -0.4 is 10.1 Å². The third-order valence-corrected chi connectivity index (χ3v) is 2.68. The van der Waals surface area contributed by atoms with Gasteiger partial charge in [0.15, 0.2) is 0 Å². The van der Waals surface area contributed by atoms with E-state index in [4.69, 9.17) is 4.74 Å². The molecule has 0 atom stereocenters. The van der Waals surface area contributed by atoms with Crippen LogP contribution in [-0.4, -0.2) is 23.1 Å². The first-order valence-electron chi connectivity index (χ1n) is 6.62. The molecule has 0 spiro atoms. The van der Waals surface area contributed by atoms with Gasteiger partial charge in [-0.2, -0.15) is 0 Å². The van der Waals surface area contributed by atoms with E-state index in [0.717, 1.165) is 35.8 Å². The molecule has 0 aliphatic heterocycles. The molecule has 0 aliphatic carbocycles. The minimum Gasteiger partial charge on any atom is -0.494 e. The lowest BCUT2D eigenvalue weighted by Gasteiger charge is -2.07. The second-order valence-electron chi connectivity index (χ2n) is 4.17. The fraction of sp³-hybridized carbons (Fsp3) is 0.333. The predicted octanol–water partition coefficient (Wildman–Crippen LogP) is 3.36. The minimum atomic E-state index is 0.679. The number of nitrogens with zero attached hydrogens (tertiary/aromatic N) is 2. The van der Waals surface area contributed by atoms with Crippen molar-refractivity contribution >= 4 is 5.82 Å². The number of hydrogen-bond acceptors (Lipinski definition) is 4. The number of hydrogen-bond donors (Lipinski definition) is 1. The Morgan fingerprint density at radius 3 is 2.58 bits per heavy atom. The molecular weight excluding hydrogens is 238 g/mol. The Kier molecular flexibility index (Phi) is 4.72. The van der Waals surface area contributed by atoms with Gasteiger partial charge in [-0.1, -0.05) is 6.92 Å². The normalized spacial score (nSPS) is 10.2. The molecule has 1 heterocycles. The Hall–Kier alpha value is -2.10. The highest BCUT2D eigenvalue weighted by Crippen LogP contribution is 2.21. The lowest BCUT2D eigenvalue weighted by Crippen LogP contribution is -2.02. The van der Waals surface area contributed by atoms with Gasteiger partial charge in [0.1, 0.15) is 17.9 Å². The van der Waals surface area contributed by atoms with Crippen molar-refractivity contribution in [3.05, 3.63) is 36.7 Å². The molecule has 0 saturated heterocycles. The quantitative estimate of drug-likeness (QED) is 0.862. The van der Waals surface area contributed by atoms with Gasteiger partial charge in [0.05, 0.1) is 12.3 Å². The van der Waals surface area contributed by atoms with E-state index in [1.54, 1.807) is 6.33 Å². The summed E-state index contributed by atoms with van der Waals surface area (Å²) in [4.78, 5) is 8.50. The van der Waals surface area contributed by atoms with E-state index in [2.05, 4.69) is 22.2 Å². The zero-order chi connectivity index (χ0) is 13.5. The molecule has 0 radical (unpaired) electrons. The third-order valence-electron chi connectivity index (χ3n) is 2.68. The summed E-state index contributed by atoms with van der Waals surface area (Å²) in [6.07, 6.45) is 2.66. The minimum absolute atomic E-state index is 0.679. The van der Waals surface area contributed by atoms with Gasteiger partial charge in [0, 0.05) is 18.2 Å². The Morgan fingerprint density at radius 1 is 1.11 bits per heavy atom. The molecule has 19 heavy (non-hydrogen) atoms. The van der Waals surface area contributed by atoms with Gasteiger partial charge in [-0.15, -0.1) is 0 Å². The Bertz CT molecular complexity index is 511. The molecule has 0 amide bonds. The van der Waals surface area contributed by atoms with Crippen LogP contribution in [0.1, 0.15) is 20.3 Å². The fourth-order valence-corrected chi connectivity index (χ4v) is 1.75. The first-order chi connectivity index (χ1) is 9.33. The van der Waals surface area contributed by atoms with Gasteiger partial charge >= 0.3 is 0 Å². The van der Waals surface area contributed by atoms with Crippen molar-refractivity contribution in [2.75, 3.05) is 18.5 Å². The molecule has 0 bridgehead atoms. The lowest BCUT2D eigenvalue weighted by atomic mass is 10.1. The van der Waals surface area contributed by atoms with Crippen molar-refractivity contribution in [1.82, 2.24) is 9.97 Å². The van der Waals surface area contributed by atoms with Crippen LogP contribution in [0, 0.1) is 0 Å². The van der Waals surface area contributed by atoms with Gasteiger partial charge in [-0.3, -0.25) is 0 Å². The van der Waals surface area contributed by atoms with Crippen LogP contribution in [0.5, 0.6) is 5.75 Å². The number of anilines is 1. The maximum atomic E-state index is 5.43. The summed E-state index contributed by atoms with van der Waals surface area (Å²) in [5.41, 5.74) is 1.97. The SMILES string of the molecule is CCCNc1cc(-c2ccc(OCC)cc2)ncn1. The number of aromatic nitrogens is 2. The second kappa shape index (κ2) is 6.73. The molecule has 1 N–H and O–H groups in total. The van der Waals surface area contributed by atoms with Crippen LogP contribution >= 0.6 is 0 Å². The summed E-state index contributed by atoms with van der Waals surface area (Å²) in [5, 5.41) is 3.26. The van der Waals surface area contributed by atoms with E-state index < -0.39 is 0 Å². The van der Waals surface area contributed by atoms with Gasteiger partial charge < -0.3 is 10.1 Å². The second-order valence-corrected chi connectivity index (χ2v) is 4.17. The molecule has 2 aromatic rings. The van der Waals surface area contributed by atoms with E-state index in [9.17, 15) is 0 Å². The molecule has 0 fully saturated rings. The smallest absolute Gasteiger partial charge is 0.129 e. The molecular formula is C15H19N3O. The average molecular weight is 257 g/mol. The van der Waals surface area contributed by atoms with Crippen LogP contribution in [0.3, 0.4) is 0 Å². The highest BCUT2D eigenvalue weighted by atomic mass is 16.5. The highest BCUT2D eigenvalue weighted by molar-refractivity contribution is 5.62. The van der Waals surface area contributed by atoms with Gasteiger partial charge in [-0.25, -0.2) is 9.97 Å².